The highest BCUT2D eigenvalue weighted by Crippen LogP contribution is 2.25. The predicted octanol–water partition coefficient (Wildman–Crippen LogP) is 4.96. The Labute approximate surface area is 186 Å². The minimum Gasteiger partial charge on any atom is -0.470 e. The van der Waals surface area contributed by atoms with Crippen LogP contribution in [0.2, 0.25) is 0 Å². The molecule has 0 fully saturated rings. The summed E-state index contributed by atoms with van der Waals surface area (Å²) in [6.07, 6.45) is 2.84. The van der Waals surface area contributed by atoms with Crippen molar-refractivity contribution in [2.75, 3.05) is 4.72 Å². The van der Waals surface area contributed by atoms with Crippen LogP contribution in [0.5, 0.6) is 17.4 Å². The molecule has 4 rings (SSSR count). The van der Waals surface area contributed by atoms with Crippen LogP contribution >= 0.6 is 0 Å². The number of aryl methyl sites for hydroxylation is 1. The van der Waals surface area contributed by atoms with E-state index < -0.39 is 10.0 Å². The Morgan fingerprint density at radius 2 is 1.56 bits per heavy atom. The fourth-order valence-corrected chi connectivity index (χ4v) is 3.89. The normalized spacial score (nSPS) is 11.0. The van der Waals surface area contributed by atoms with Gasteiger partial charge < -0.3 is 9.47 Å². The van der Waals surface area contributed by atoms with Crippen molar-refractivity contribution in [2.45, 2.75) is 18.4 Å². The number of nitrogens with zero attached hydrogens (tertiary/aromatic N) is 2. The maximum Gasteiger partial charge on any atom is 0.263 e. The third-order valence-corrected chi connectivity index (χ3v) is 5.83. The van der Waals surface area contributed by atoms with Crippen LogP contribution in [0.1, 0.15) is 11.1 Å². The Balaban J connectivity index is 1.47. The Kier molecular flexibility index (Phi) is 6.32. The van der Waals surface area contributed by atoms with Gasteiger partial charge in [0.15, 0.2) is 0 Å². The molecule has 1 N–H and O–H groups in total. The molecule has 0 radical (unpaired) electrons. The van der Waals surface area contributed by atoms with Gasteiger partial charge >= 0.3 is 0 Å². The Morgan fingerprint density at radius 3 is 2.34 bits per heavy atom. The van der Waals surface area contributed by atoms with Crippen molar-refractivity contribution in [3.63, 3.8) is 0 Å². The first-order chi connectivity index (χ1) is 15.5. The molecule has 7 nitrogen and oxygen atoms in total. The highest BCUT2D eigenvalue weighted by atomic mass is 32.2. The van der Waals surface area contributed by atoms with E-state index >= 15 is 0 Å². The fraction of sp³-hybridized carbons (Fsp3) is 0.0833. The van der Waals surface area contributed by atoms with E-state index in [2.05, 4.69) is 14.7 Å². The van der Waals surface area contributed by atoms with Crippen LogP contribution in [0, 0.1) is 6.92 Å². The molecule has 0 unspecified atom stereocenters. The molecule has 0 spiro atoms. The van der Waals surface area contributed by atoms with Crippen LogP contribution in [-0.4, -0.2) is 18.4 Å². The standard InChI is InChI=1S/C24H21N3O4S/c1-18-10-12-22(13-11-18)32(28,29)27-23-24(26-15-14-25-23)30-17-19-6-5-9-21(16-19)31-20-7-3-2-4-8-20/h2-16H,17H2,1H3,(H,25,27). The summed E-state index contributed by atoms with van der Waals surface area (Å²) in [4.78, 5) is 8.35. The SMILES string of the molecule is Cc1ccc(S(=O)(=O)Nc2nccnc2OCc2cccc(Oc3ccccc3)c2)cc1. The topological polar surface area (TPSA) is 90.4 Å². The van der Waals surface area contributed by atoms with Crippen LogP contribution < -0.4 is 14.2 Å². The number of anilines is 1. The number of nitrogens with one attached hydrogen (secondary N) is 1. The first-order valence-corrected chi connectivity index (χ1v) is 11.3. The lowest BCUT2D eigenvalue weighted by Crippen LogP contribution is -2.15. The molecule has 0 amide bonds. The second kappa shape index (κ2) is 9.49. The fourth-order valence-electron chi connectivity index (χ4n) is 2.88. The van der Waals surface area contributed by atoms with Gasteiger partial charge in [-0.2, -0.15) is 0 Å². The number of para-hydroxylation sites is 1. The molecular formula is C24H21N3O4S. The molecule has 0 saturated heterocycles. The van der Waals surface area contributed by atoms with E-state index in [4.69, 9.17) is 9.47 Å². The summed E-state index contributed by atoms with van der Waals surface area (Å²) >= 11 is 0. The lowest BCUT2D eigenvalue weighted by molar-refractivity contribution is 0.294. The van der Waals surface area contributed by atoms with Gasteiger partial charge in [0.25, 0.3) is 15.9 Å². The van der Waals surface area contributed by atoms with E-state index in [9.17, 15) is 8.42 Å². The van der Waals surface area contributed by atoms with Crippen molar-refractivity contribution in [3.05, 3.63) is 102 Å². The Bertz CT molecular complexity index is 1290. The van der Waals surface area contributed by atoms with Crippen molar-refractivity contribution >= 4 is 15.8 Å². The zero-order valence-electron chi connectivity index (χ0n) is 17.3. The van der Waals surface area contributed by atoms with E-state index in [1.807, 2.05) is 61.5 Å². The predicted molar refractivity (Wildman–Crippen MR) is 121 cm³/mol. The summed E-state index contributed by atoms with van der Waals surface area (Å²) in [5, 5.41) is 0. The van der Waals surface area contributed by atoms with Gasteiger partial charge in [-0.05, 0) is 48.9 Å². The van der Waals surface area contributed by atoms with Crippen molar-refractivity contribution in [2.24, 2.45) is 0 Å². The first kappa shape index (κ1) is 21.3. The molecule has 0 atom stereocenters. The van der Waals surface area contributed by atoms with E-state index in [0.717, 1.165) is 16.9 Å². The molecule has 0 aliphatic heterocycles. The zero-order chi connectivity index (χ0) is 22.4. The Morgan fingerprint density at radius 1 is 0.844 bits per heavy atom. The Hall–Kier alpha value is -3.91. The molecule has 8 heteroatoms. The van der Waals surface area contributed by atoms with Crippen molar-refractivity contribution in [3.8, 4) is 17.4 Å². The maximum absolute atomic E-state index is 12.7. The maximum atomic E-state index is 12.7. The van der Waals surface area contributed by atoms with Gasteiger partial charge in [-0.15, -0.1) is 0 Å². The largest absolute Gasteiger partial charge is 0.470 e. The molecule has 4 aromatic rings. The number of rotatable bonds is 8. The average Bonchev–Trinajstić information content (AvgIpc) is 2.79. The van der Waals surface area contributed by atoms with Gasteiger partial charge in [-0.3, -0.25) is 4.72 Å². The molecule has 0 bridgehead atoms. The summed E-state index contributed by atoms with van der Waals surface area (Å²) < 4.78 is 39.5. The number of benzene rings is 3. The van der Waals surface area contributed by atoms with Gasteiger partial charge in [0.05, 0.1) is 4.90 Å². The smallest absolute Gasteiger partial charge is 0.263 e. The van der Waals surface area contributed by atoms with Crippen LogP contribution in [0.4, 0.5) is 5.82 Å². The second-order valence-corrected chi connectivity index (χ2v) is 8.66. The summed E-state index contributed by atoms with van der Waals surface area (Å²) in [5.41, 5.74) is 1.79. The van der Waals surface area contributed by atoms with E-state index in [0.29, 0.717) is 5.75 Å². The van der Waals surface area contributed by atoms with Gasteiger partial charge in [0, 0.05) is 12.4 Å². The summed E-state index contributed by atoms with van der Waals surface area (Å²) in [6, 6.07) is 23.4. The van der Waals surface area contributed by atoms with Crippen LogP contribution in [0.25, 0.3) is 0 Å². The monoisotopic (exact) mass is 447 g/mol. The number of hydrogen-bond acceptors (Lipinski definition) is 6. The molecule has 0 aliphatic carbocycles. The quantitative estimate of drug-likeness (QED) is 0.411. The van der Waals surface area contributed by atoms with Gasteiger partial charge in [-0.1, -0.05) is 48.0 Å². The number of aromatic nitrogens is 2. The van der Waals surface area contributed by atoms with Crippen LogP contribution in [0.3, 0.4) is 0 Å². The molecular weight excluding hydrogens is 426 g/mol. The lowest BCUT2D eigenvalue weighted by Gasteiger charge is -2.12. The van der Waals surface area contributed by atoms with Crippen molar-refractivity contribution in [1.82, 2.24) is 9.97 Å². The molecule has 0 saturated carbocycles. The lowest BCUT2D eigenvalue weighted by atomic mass is 10.2. The molecule has 32 heavy (non-hydrogen) atoms. The van der Waals surface area contributed by atoms with E-state index in [1.54, 1.807) is 12.1 Å². The first-order valence-electron chi connectivity index (χ1n) is 9.85. The second-order valence-electron chi connectivity index (χ2n) is 6.98. The van der Waals surface area contributed by atoms with E-state index in [1.165, 1.54) is 24.5 Å². The van der Waals surface area contributed by atoms with Crippen molar-refractivity contribution in [1.29, 1.82) is 0 Å². The van der Waals surface area contributed by atoms with E-state index in [-0.39, 0.29) is 23.2 Å². The number of hydrogen-bond donors (Lipinski definition) is 1. The van der Waals surface area contributed by atoms with Crippen molar-refractivity contribution < 1.29 is 17.9 Å². The molecule has 1 aromatic heterocycles. The third kappa shape index (κ3) is 5.41. The minimum atomic E-state index is -3.83. The van der Waals surface area contributed by atoms with Gasteiger partial charge in [0.1, 0.15) is 18.1 Å². The highest BCUT2D eigenvalue weighted by Gasteiger charge is 2.18. The number of ether oxygens (including phenoxy) is 2. The molecule has 0 aliphatic rings. The highest BCUT2D eigenvalue weighted by molar-refractivity contribution is 7.92. The molecule has 162 valence electrons. The van der Waals surface area contributed by atoms with Crippen LogP contribution in [0.15, 0.2) is 96.2 Å². The van der Waals surface area contributed by atoms with Crippen LogP contribution in [-0.2, 0) is 16.6 Å². The zero-order valence-corrected chi connectivity index (χ0v) is 18.1. The van der Waals surface area contributed by atoms with Gasteiger partial charge in [0.2, 0.25) is 5.82 Å². The molecule has 1 heterocycles. The average molecular weight is 448 g/mol. The minimum absolute atomic E-state index is 0.0183. The summed E-state index contributed by atoms with van der Waals surface area (Å²) in [6.45, 7) is 2.04. The summed E-state index contributed by atoms with van der Waals surface area (Å²) in [5.74, 6) is 1.49. The number of sulfonamides is 1. The van der Waals surface area contributed by atoms with Gasteiger partial charge in [-0.25, -0.2) is 18.4 Å². The molecule has 3 aromatic carbocycles. The third-order valence-electron chi connectivity index (χ3n) is 4.48. The summed E-state index contributed by atoms with van der Waals surface area (Å²) in [7, 11) is -3.83.